The van der Waals surface area contributed by atoms with Gasteiger partial charge >= 0.3 is 0 Å². The van der Waals surface area contributed by atoms with Crippen molar-refractivity contribution >= 4 is 12.0 Å². The molecule has 0 bridgehead atoms. The number of aliphatic hydroxyl groups is 1. The first-order valence-corrected chi connectivity index (χ1v) is 10.9. The van der Waals surface area contributed by atoms with Crippen LogP contribution in [0.3, 0.4) is 0 Å². The van der Waals surface area contributed by atoms with Gasteiger partial charge in [-0.1, -0.05) is 31.2 Å². The van der Waals surface area contributed by atoms with Gasteiger partial charge in [0.05, 0.1) is 6.10 Å². The lowest BCUT2D eigenvalue weighted by Gasteiger charge is -2.49. The van der Waals surface area contributed by atoms with Gasteiger partial charge in [-0.3, -0.25) is 4.79 Å². The number of amides is 1. The number of halogens is 1. The first kappa shape index (κ1) is 19.5. The van der Waals surface area contributed by atoms with Crippen molar-refractivity contribution < 1.29 is 14.3 Å². The molecule has 3 aliphatic rings. The minimum Gasteiger partial charge on any atom is -0.388 e. The summed E-state index contributed by atoms with van der Waals surface area (Å²) in [6.07, 6.45) is 6.41. The van der Waals surface area contributed by atoms with Crippen LogP contribution in [0.25, 0.3) is 6.08 Å². The van der Waals surface area contributed by atoms with Crippen molar-refractivity contribution in [2.45, 2.75) is 51.0 Å². The lowest BCUT2D eigenvalue weighted by molar-refractivity contribution is -0.0158. The Morgan fingerprint density at radius 3 is 2.87 bits per heavy atom. The number of hydrogen-bond acceptors (Lipinski definition) is 2. The van der Waals surface area contributed by atoms with E-state index in [-0.39, 0.29) is 11.2 Å². The molecular weight excluding hydrogens is 377 g/mol. The molecule has 0 spiro atoms. The highest BCUT2D eigenvalue weighted by Crippen LogP contribution is 2.62. The van der Waals surface area contributed by atoms with Gasteiger partial charge in [0.1, 0.15) is 5.82 Å². The topological polar surface area (TPSA) is 63.3 Å². The zero-order chi connectivity index (χ0) is 21.0. The predicted molar refractivity (Wildman–Crippen MR) is 115 cm³/mol. The fourth-order valence-corrected chi connectivity index (χ4v) is 6.55. The number of benzene rings is 2. The molecule has 3 aliphatic carbocycles. The maximum atomic E-state index is 13.7. The van der Waals surface area contributed by atoms with Gasteiger partial charge in [0, 0.05) is 11.0 Å². The minimum atomic E-state index is -0.477. The highest BCUT2D eigenvalue weighted by Gasteiger charge is 2.56. The Morgan fingerprint density at radius 2 is 2.07 bits per heavy atom. The quantitative estimate of drug-likeness (QED) is 0.751. The van der Waals surface area contributed by atoms with Crippen molar-refractivity contribution in [2.24, 2.45) is 23.0 Å². The zero-order valence-electron chi connectivity index (χ0n) is 17.3. The Hall–Kier alpha value is -2.46. The van der Waals surface area contributed by atoms with Gasteiger partial charge in [-0.2, -0.15) is 0 Å². The van der Waals surface area contributed by atoms with Crippen molar-refractivity contribution in [1.82, 2.24) is 0 Å². The van der Waals surface area contributed by atoms with E-state index >= 15 is 0 Å². The maximum Gasteiger partial charge on any atom is 0.248 e. The standard InChI is InChI=1S/C26H28FNO2/c1-26-10-9-21-20-8-6-19(27)13-16(20)5-7-22(21)23(26)14-18(24(26)29)12-15-3-2-4-17(11-15)25(28)30/h2-4,6,8,11-13,21-24,29H,5,7,9-10,14H2,1H3,(H2,28,30)/b18-12+/t21-,22-,23+,24+,26+/m1/s1. The van der Waals surface area contributed by atoms with Crippen LogP contribution in [0.4, 0.5) is 4.39 Å². The van der Waals surface area contributed by atoms with Gasteiger partial charge in [0.2, 0.25) is 5.91 Å². The van der Waals surface area contributed by atoms with E-state index in [0.29, 0.717) is 23.3 Å². The number of carbonyl (C=O) groups excluding carboxylic acids is 1. The van der Waals surface area contributed by atoms with Gasteiger partial charge in [0.25, 0.3) is 0 Å². The van der Waals surface area contributed by atoms with E-state index in [0.717, 1.165) is 48.8 Å². The number of nitrogens with two attached hydrogens (primary N) is 1. The second-order valence-electron chi connectivity index (χ2n) is 9.62. The van der Waals surface area contributed by atoms with E-state index in [4.69, 9.17) is 5.73 Å². The molecule has 3 N–H and O–H groups in total. The number of aliphatic hydroxyl groups excluding tert-OH is 1. The summed E-state index contributed by atoms with van der Waals surface area (Å²) >= 11 is 0. The molecule has 30 heavy (non-hydrogen) atoms. The number of primary amides is 1. The van der Waals surface area contributed by atoms with Crippen LogP contribution in [0.2, 0.25) is 0 Å². The average molecular weight is 406 g/mol. The summed E-state index contributed by atoms with van der Waals surface area (Å²) in [6.45, 7) is 2.24. The lowest BCUT2D eigenvalue weighted by atomic mass is 9.55. The Balaban J connectivity index is 1.47. The highest BCUT2D eigenvalue weighted by atomic mass is 19.1. The predicted octanol–water partition coefficient (Wildman–Crippen LogP) is 4.84. The van der Waals surface area contributed by atoms with E-state index in [1.165, 1.54) is 5.56 Å². The highest BCUT2D eigenvalue weighted by molar-refractivity contribution is 5.93. The third-order valence-corrected chi connectivity index (χ3v) is 8.08. The second-order valence-corrected chi connectivity index (χ2v) is 9.62. The third kappa shape index (κ3) is 3.01. The lowest BCUT2D eigenvalue weighted by Crippen LogP contribution is -2.44. The van der Waals surface area contributed by atoms with Crippen LogP contribution < -0.4 is 5.73 Å². The largest absolute Gasteiger partial charge is 0.388 e. The van der Waals surface area contributed by atoms with Crippen molar-refractivity contribution in [2.75, 3.05) is 0 Å². The number of rotatable bonds is 2. The zero-order valence-corrected chi connectivity index (χ0v) is 17.3. The normalized spacial score (nSPS) is 33.6. The molecule has 0 aliphatic heterocycles. The summed E-state index contributed by atoms with van der Waals surface area (Å²) in [5.41, 5.74) is 10.2. The first-order valence-electron chi connectivity index (χ1n) is 10.9. The Bertz CT molecular complexity index is 1050. The van der Waals surface area contributed by atoms with Gasteiger partial charge in [-0.15, -0.1) is 0 Å². The fourth-order valence-electron chi connectivity index (χ4n) is 6.55. The van der Waals surface area contributed by atoms with Crippen LogP contribution in [0, 0.1) is 23.1 Å². The summed E-state index contributed by atoms with van der Waals surface area (Å²) in [4.78, 5) is 11.5. The molecule has 2 aromatic carbocycles. The molecule has 1 amide bonds. The van der Waals surface area contributed by atoms with Crippen LogP contribution in [-0.2, 0) is 6.42 Å². The van der Waals surface area contributed by atoms with Gasteiger partial charge in [-0.05, 0) is 96.4 Å². The van der Waals surface area contributed by atoms with Crippen LogP contribution in [0.1, 0.15) is 65.6 Å². The molecule has 2 aromatic rings. The molecule has 2 fully saturated rings. The number of hydrogen-bond donors (Lipinski definition) is 2. The maximum absolute atomic E-state index is 13.7. The molecule has 4 heteroatoms. The summed E-state index contributed by atoms with van der Waals surface area (Å²) in [5, 5.41) is 11.3. The molecule has 3 nitrogen and oxygen atoms in total. The van der Waals surface area contributed by atoms with E-state index in [9.17, 15) is 14.3 Å². The number of aryl methyl sites for hydroxylation is 1. The van der Waals surface area contributed by atoms with Crippen molar-refractivity contribution in [3.63, 3.8) is 0 Å². The molecule has 0 aromatic heterocycles. The Morgan fingerprint density at radius 1 is 1.23 bits per heavy atom. The molecule has 2 saturated carbocycles. The summed E-state index contributed by atoms with van der Waals surface area (Å²) in [7, 11) is 0. The summed E-state index contributed by atoms with van der Waals surface area (Å²) in [5.74, 6) is 0.793. The molecule has 5 atom stereocenters. The molecule has 0 saturated heterocycles. The Labute approximate surface area is 176 Å². The van der Waals surface area contributed by atoms with Gasteiger partial charge < -0.3 is 10.8 Å². The first-order chi connectivity index (χ1) is 14.4. The molecule has 0 heterocycles. The monoisotopic (exact) mass is 405 g/mol. The molecule has 0 radical (unpaired) electrons. The van der Waals surface area contributed by atoms with Crippen LogP contribution in [0.5, 0.6) is 0 Å². The number of carbonyl (C=O) groups is 1. The van der Waals surface area contributed by atoms with Crippen molar-refractivity contribution in [3.05, 3.63) is 76.1 Å². The summed E-state index contributed by atoms with van der Waals surface area (Å²) < 4.78 is 13.7. The van der Waals surface area contributed by atoms with E-state index < -0.39 is 12.0 Å². The Kier molecular flexibility index (Phi) is 4.59. The molecule has 5 rings (SSSR count). The van der Waals surface area contributed by atoms with Crippen LogP contribution >= 0.6 is 0 Å². The van der Waals surface area contributed by atoms with Crippen molar-refractivity contribution in [1.29, 1.82) is 0 Å². The molecule has 0 unspecified atom stereocenters. The van der Waals surface area contributed by atoms with Gasteiger partial charge in [0.15, 0.2) is 0 Å². The van der Waals surface area contributed by atoms with Crippen LogP contribution in [-0.4, -0.2) is 17.1 Å². The van der Waals surface area contributed by atoms with Gasteiger partial charge in [-0.25, -0.2) is 4.39 Å². The van der Waals surface area contributed by atoms with Crippen molar-refractivity contribution in [3.8, 4) is 0 Å². The average Bonchev–Trinajstić information content (AvgIpc) is 2.98. The molecular formula is C26H28FNO2. The fraction of sp³-hybridized carbons (Fsp3) is 0.423. The van der Waals surface area contributed by atoms with Crippen LogP contribution in [0.15, 0.2) is 48.0 Å². The molecule has 156 valence electrons. The minimum absolute atomic E-state index is 0.133. The third-order valence-electron chi connectivity index (χ3n) is 8.08. The summed E-state index contributed by atoms with van der Waals surface area (Å²) in [6, 6.07) is 12.6. The van der Waals surface area contributed by atoms with E-state index in [1.807, 2.05) is 24.3 Å². The smallest absolute Gasteiger partial charge is 0.248 e. The second kappa shape index (κ2) is 7.05. The number of fused-ring (bicyclic) bond motifs is 5. The SMILES string of the molecule is C[C@]12CC[C@@H]3c4ccc(F)cc4CC[C@H]3[C@@H]1C/C(=C\c1cccc(C(N)=O)c1)[C@@H]2O. The van der Waals surface area contributed by atoms with E-state index in [1.54, 1.807) is 24.3 Å². The van der Waals surface area contributed by atoms with E-state index in [2.05, 4.69) is 6.92 Å².